The van der Waals surface area contributed by atoms with Gasteiger partial charge < -0.3 is 10.8 Å². The van der Waals surface area contributed by atoms with Gasteiger partial charge in [-0.1, -0.05) is 23.7 Å². The predicted molar refractivity (Wildman–Crippen MR) is 57.3 cm³/mol. The molecule has 0 aromatic heterocycles. The fraction of sp³-hybridized carbons (Fsp3) is 0.333. The first-order valence-corrected chi connectivity index (χ1v) is 4.23. The van der Waals surface area contributed by atoms with Crippen molar-refractivity contribution in [2.24, 2.45) is 5.73 Å². The first kappa shape index (κ1) is 12.7. The minimum atomic E-state index is -0.117. The van der Waals surface area contributed by atoms with E-state index in [9.17, 15) is 0 Å². The number of nitrogens with two attached hydrogens (primary N) is 1. The molecule has 1 atom stereocenters. The van der Waals surface area contributed by atoms with E-state index in [1.165, 1.54) is 0 Å². The van der Waals surface area contributed by atoms with Crippen LogP contribution < -0.4 is 5.73 Å². The van der Waals surface area contributed by atoms with Gasteiger partial charge in [0, 0.05) is 17.7 Å². The molecule has 0 aliphatic rings. The molecule has 4 heteroatoms. The number of benzene rings is 1. The Bertz CT molecular complexity index is 255. The molecule has 0 saturated carbocycles. The third-order valence-electron chi connectivity index (χ3n) is 1.72. The summed E-state index contributed by atoms with van der Waals surface area (Å²) in [5, 5.41) is 9.34. The van der Waals surface area contributed by atoms with Gasteiger partial charge in [-0.2, -0.15) is 0 Å². The van der Waals surface area contributed by atoms with Crippen LogP contribution in [0.5, 0.6) is 0 Å². The quantitative estimate of drug-likeness (QED) is 0.822. The highest BCUT2D eigenvalue weighted by Crippen LogP contribution is 2.17. The van der Waals surface area contributed by atoms with Crippen LogP contribution in [-0.4, -0.2) is 11.7 Å². The molecular formula is C9H13Cl2NO. The molecule has 74 valence electrons. The van der Waals surface area contributed by atoms with Crippen LogP contribution in [0.15, 0.2) is 24.3 Å². The summed E-state index contributed by atoms with van der Waals surface area (Å²) in [6.45, 7) is 0.105. The maximum absolute atomic E-state index is 8.65. The van der Waals surface area contributed by atoms with Crippen molar-refractivity contribution in [1.29, 1.82) is 0 Å². The third-order valence-corrected chi connectivity index (χ3v) is 1.95. The van der Waals surface area contributed by atoms with Gasteiger partial charge in [-0.25, -0.2) is 0 Å². The molecule has 0 spiro atoms. The summed E-state index contributed by atoms with van der Waals surface area (Å²) < 4.78 is 0. The zero-order chi connectivity index (χ0) is 8.97. The minimum Gasteiger partial charge on any atom is -0.396 e. The molecule has 0 radical (unpaired) electrons. The second-order valence-corrected chi connectivity index (χ2v) is 3.11. The van der Waals surface area contributed by atoms with E-state index < -0.39 is 0 Å². The highest BCUT2D eigenvalue weighted by atomic mass is 35.5. The standard InChI is InChI=1S/C9H12ClNO.ClH/c10-8-3-1-2-7(6-8)9(11)4-5-12;/h1-3,6,9,12H,4-5,11H2;1H/t9-;/m0./s1. The minimum absolute atomic E-state index is 0. The van der Waals surface area contributed by atoms with E-state index in [4.69, 9.17) is 22.4 Å². The molecule has 2 nitrogen and oxygen atoms in total. The average Bonchev–Trinajstić information content (AvgIpc) is 2.05. The lowest BCUT2D eigenvalue weighted by Gasteiger charge is -2.09. The molecule has 0 fully saturated rings. The molecule has 0 aliphatic heterocycles. The Hall–Kier alpha value is -0.280. The largest absolute Gasteiger partial charge is 0.396 e. The molecule has 1 rings (SSSR count). The Labute approximate surface area is 89.1 Å². The highest BCUT2D eigenvalue weighted by Gasteiger charge is 2.04. The van der Waals surface area contributed by atoms with E-state index in [0.29, 0.717) is 11.4 Å². The van der Waals surface area contributed by atoms with Crippen LogP contribution in [0.3, 0.4) is 0 Å². The topological polar surface area (TPSA) is 46.2 Å². The van der Waals surface area contributed by atoms with Crippen molar-refractivity contribution in [3.05, 3.63) is 34.9 Å². The maximum atomic E-state index is 8.65. The molecule has 1 aromatic rings. The van der Waals surface area contributed by atoms with Crippen LogP contribution in [0.2, 0.25) is 5.02 Å². The summed E-state index contributed by atoms with van der Waals surface area (Å²) in [7, 11) is 0. The van der Waals surface area contributed by atoms with Crippen LogP contribution in [-0.2, 0) is 0 Å². The third kappa shape index (κ3) is 3.96. The van der Waals surface area contributed by atoms with Crippen molar-refractivity contribution in [2.75, 3.05) is 6.61 Å². The molecule has 0 unspecified atom stereocenters. The first-order chi connectivity index (χ1) is 5.74. The fourth-order valence-electron chi connectivity index (χ4n) is 1.04. The Morgan fingerprint density at radius 3 is 2.69 bits per heavy atom. The smallest absolute Gasteiger partial charge is 0.0449 e. The molecule has 0 amide bonds. The molecule has 0 heterocycles. The van der Waals surface area contributed by atoms with E-state index in [1.54, 1.807) is 6.07 Å². The second kappa shape index (κ2) is 6.22. The molecule has 0 aliphatic carbocycles. The van der Waals surface area contributed by atoms with Gasteiger partial charge in [0.05, 0.1) is 0 Å². The lowest BCUT2D eigenvalue weighted by atomic mass is 10.1. The Balaban J connectivity index is 0.00000144. The van der Waals surface area contributed by atoms with Gasteiger partial charge in [-0.3, -0.25) is 0 Å². The monoisotopic (exact) mass is 221 g/mol. The van der Waals surface area contributed by atoms with Gasteiger partial charge in [-0.05, 0) is 24.1 Å². The lowest BCUT2D eigenvalue weighted by molar-refractivity contribution is 0.276. The van der Waals surface area contributed by atoms with Crippen LogP contribution in [0, 0.1) is 0 Å². The van der Waals surface area contributed by atoms with Gasteiger partial charge in [0.1, 0.15) is 0 Å². The van der Waals surface area contributed by atoms with Crippen LogP contribution >= 0.6 is 24.0 Å². The average molecular weight is 222 g/mol. The van der Waals surface area contributed by atoms with Crippen LogP contribution in [0.25, 0.3) is 0 Å². The van der Waals surface area contributed by atoms with Crippen molar-refractivity contribution in [1.82, 2.24) is 0 Å². The van der Waals surface area contributed by atoms with Crippen molar-refractivity contribution in [3.63, 3.8) is 0 Å². The summed E-state index contributed by atoms with van der Waals surface area (Å²) in [4.78, 5) is 0. The van der Waals surface area contributed by atoms with Crippen LogP contribution in [0.4, 0.5) is 0 Å². The molecule has 0 saturated heterocycles. The Morgan fingerprint density at radius 2 is 2.15 bits per heavy atom. The maximum Gasteiger partial charge on any atom is 0.0449 e. The first-order valence-electron chi connectivity index (χ1n) is 3.86. The SMILES string of the molecule is Cl.N[C@@H](CCO)c1cccc(Cl)c1. The van der Waals surface area contributed by atoms with Gasteiger partial charge in [0.2, 0.25) is 0 Å². The number of halogens is 2. The normalized spacial score (nSPS) is 11.9. The van der Waals surface area contributed by atoms with Crippen molar-refractivity contribution < 1.29 is 5.11 Å². The van der Waals surface area contributed by atoms with Crippen molar-refractivity contribution in [2.45, 2.75) is 12.5 Å². The Kier molecular flexibility index (Phi) is 6.08. The van der Waals surface area contributed by atoms with Gasteiger partial charge in [0.25, 0.3) is 0 Å². The van der Waals surface area contributed by atoms with E-state index >= 15 is 0 Å². The van der Waals surface area contributed by atoms with Gasteiger partial charge in [0.15, 0.2) is 0 Å². The van der Waals surface area contributed by atoms with Gasteiger partial charge >= 0.3 is 0 Å². The second-order valence-electron chi connectivity index (χ2n) is 2.67. The zero-order valence-electron chi connectivity index (χ0n) is 7.11. The summed E-state index contributed by atoms with van der Waals surface area (Å²) in [6.07, 6.45) is 0.570. The van der Waals surface area contributed by atoms with Crippen molar-refractivity contribution >= 4 is 24.0 Å². The fourth-order valence-corrected chi connectivity index (χ4v) is 1.24. The summed E-state index contributed by atoms with van der Waals surface area (Å²) in [6, 6.07) is 7.27. The molecular weight excluding hydrogens is 209 g/mol. The van der Waals surface area contributed by atoms with E-state index in [1.807, 2.05) is 18.2 Å². The summed E-state index contributed by atoms with van der Waals surface area (Å²) >= 11 is 5.77. The number of aliphatic hydroxyl groups is 1. The van der Waals surface area contributed by atoms with Crippen molar-refractivity contribution in [3.8, 4) is 0 Å². The predicted octanol–water partition coefficient (Wildman–Crippen LogP) is 2.14. The van der Waals surface area contributed by atoms with Crippen LogP contribution in [0.1, 0.15) is 18.0 Å². The van der Waals surface area contributed by atoms with Gasteiger partial charge in [-0.15, -0.1) is 12.4 Å². The van der Waals surface area contributed by atoms with E-state index in [-0.39, 0.29) is 25.1 Å². The lowest BCUT2D eigenvalue weighted by Crippen LogP contribution is -2.11. The zero-order valence-corrected chi connectivity index (χ0v) is 8.68. The summed E-state index contributed by atoms with van der Waals surface area (Å²) in [5.74, 6) is 0. The number of hydrogen-bond donors (Lipinski definition) is 2. The molecule has 3 N–H and O–H groups in total. The van der Waals surface area contributed by atoms with E-state index in [2.05, 4.69) is 0 Å². The summed E-state index contributed by atoms with van der Waals surface area (Å²) in [5.41, 5.74) is 6.72. The Morgan fingerprint density at radius 1 is 1.46 bits per heavy atom. The molecule has 0 bridgehead atoms. The number of rotatable bonds is 3. The molecule has 13 heavy (non-hydrogen) atoms. The number of hydrogen-bond acceptors (Lipinski definition) is 2. The highest BCUT2D eigenvalue weighted by molar-refractivity contribution is 6.30. The number of aliphatic hydroxyl groups excluding tert-OH is 1. The van der Waals surface area contributed by atoms with E-state index in [0.717, 1.165) is 5.56 Å². The molecule has 1 aromatic carbocycles.